The lowest BCUT2D eigenvalue weighted by atomic mass is 10.2. The zero-order valence-corrected chi connectivity index (χ0v) is 22.3. The molecule has 0 fully saturated rings. The summed E-state index contributed by atoms with van der Waals surface area (Å²) in [4.78, 5) is 35.5. The third-order valence-corrected chi connectivity index (χ3v) is 5.33. The number of alkyl halides is 3. The fourth-order valence-electron chi connectivity index (χ4n) is 3.19. The molecule has 0 unspecified atom stereocenters. The number of hydrogen-bond acceptors (Lipinski definition) is 7. The summed E-state index contributed by atoms with van der Waals surface area (Å²) in [5.41, 5.74) is 1.32. The summed E-state index contributed by atoms with van der Waals surface area (Å²) in [6.45, 7) is 5.66. The van der Waals surface area contributed by atoms with Crippen LogP contribution in [-0.4, -0.2) is 43.9 Å². The van der Waals surface area contributed by atoms with Crippen LogP contribution in [0.2, 0.25) is 0 Å². The average Bonchev–Trinajstić information content (AvgIpc) is 2.91. The number of carbonyl (C=O) groups excluding carboxylic acids is 3. The van der Waals surface area contributed by atoms with Crippen molar-refractivity contribution in [1.29, 1.82) is 0 Å². The Morgan fingerprint density at radius 1 is 0.800 bits per heavy atom. The van der Waals surface area contributed by atoms with Crippen molar-refractivity contribution in [2.75, 3.05) is 19.8 Å². The molecule has 7 nitrogen and oxygen atoms in total. The Kier molecular flexibility index (Phi) is 13.5. The maximum atomic E-state index is 12.4. The molecule has 0 saturated heterocycles. The molecule has 0 bridgehead atoms. The van der Waals surface area contributed by atoms with Crippen LogP contribution in [0.5, 0.6) is 11.5 Å². The minimum absolute atomic E-state index is 0.0837. The summed E-state index contributed by atoms with van der Waals surface area (Å²) >= 11 is 0. The van der Waals surface area contributed by atoms with Gasteiger partial charge in [0.15, 0.2) is 0 Å². The zero-order chi connectivity index (χ0) is 29.4. The second-order valence-electron chi connectivity index (χ2n) is 8.88. The van der Waals surface area contributed by atoms with Crippen molar-refractivity contribution < 1.29 is 46.5 Å². The lowest BCUT2D eigenvalue weighted by Gasteiger charge is -2.09. The quantitative estimate of drug-likeness (QED) is 0.0956. The van der Waals surface area contributed by atoms with Crippen LogP contribution in [0.25, 0.3) is 6.08 Å². The van der Waals surface area contributed by atoms with Crippen molar-refractivity contribution in [3.05, 3.63) is 77.9 Å². The van der Waals surface area contributed by atoms with E-state index in [1.807, 2.05) is 0 Å². The Balaban J connectivity index is 1.65. The van der Waals surface area contributed by atoms with E-state index in [-0.39, 0.29) is 25.2 Å². The molecule has 10 heteroatoms. The fraction of sp³-hybridized carbons (Fsp3) is 0.367. The highest BCUT2D eigenvalue weighted by Crippen LogP contribution is 2.22. The van der Waals surface area contributed by atoms with E-state index >= 15 is 0 Å². The number of esters is 3. The zero-order valence-electron chi connectivity index (χ0n) is 22.3. The van der Waals surface area contributed by atoms with Crippen LogP contribution in [0.3, 0.4) is 0 Å². The van der Waals surface area contributed by atoms with Gasteiger partial charge in [-0.1, -0.05) is 18.7 Å². The third-order valence-electron chi connectivity index (χ3n) is 5.33. The Hall–Kier alpha value is -4.08. The van der Waals surface area contributed by atoms with Crippen LogP contribution in [-0.2, 0) is 19.1 Å². The first-order valence-corrected chi connectivity index (χ1v) is 12.8. The number of unbranched alkanes of at least 4 members (excludes halogenated alkanes) is 3. The van der Waals surface area contributed by atoms with E-state index in [2.05, 4.69) is 6.58 Å². The van der Waals surface area contributed by atoms with Crippen molar-refractivity contribution in [2.45, 2.75) is 51.6 Å². The summed E-state index contributed by atoms with van der Waals surface area (Å²) in [5, 5.41) is 0. The molecule has 2 rings (SSSR count). The Bertz CT molecular complexity index is 1140. The van der Waals surface area contributed by atoms with Crippen molar-refractivity contribution in [2.24, 2.45) is 0 Å². The smallest absolute Gasteiger partial charge is 0.389 e. The number of ether oxygens (including phenoxy) is 4. The standard InChI is InChI=1S/C30H33F3O7/c1-22(2)28(35)39-20-6-4-3-5-19-38-27(34)17-10-23-8-13-26(14-9-23)40-29(36)24-11-15-25(16-12-24)37-21-7-18-30(31,32)33/h8-17H,1,3-7,18-21H2,2H3/b17-10+. The minimum atomic E-state index is -4.22. The second kappa shape index (κ2) is 16.8. The highest BCUT2D eigenvalue weighted by molar-refractivity contribution is 5.91. The molecular weight excluding hydrogens is 529 g/mol. The Labute approximate surface area is 231 Å². The average molecular weight is 563 g/mol. The van der Waals surface area contributed by atoms with Gasteiger partial charge in [-0.3, -0.25) is 0 Å². The SMILES string of the molecule is C=C(C)C(=O)OCCCCCCOC(=O)/C=C/c1ccc(OC(=O)c2ccc(OCCCC(F)(F)F)cc2)cc1. The molecular formula is C30H33F3O7. The van der Waals surface area contributed by atoms with Crippen LogP contribution in [0, 0.1) is 0 Å². The van der Waals surface area contributed by atoms with Crippen molar-refractivity contribution in [3.8, 4) is 11.5 Å². The summed E-state index contributed by atoms with van der Waals surface area (Å²) < 4.78 is 57.3. The molecule has 0 heterocycles. The lowest BCUT2D eigenvalue weighted by Crippen LogP contribution is -2.10. The van der Waals surface area contributed by atoms with Gasteiger partial charge in [0.25, 0.3) is 0 Å². The first-order chi connectivity index (χ1) is 19.0. The van der Waals surface area contributed by atoms with Gasteiger partial charge in [-0.15, -0.1) is 0 Å². The van der Waals surface area contributed by atoms with Crippen LogP contribution in [0.4, 0.5) is 13.2 Å². The number of hydrogen-bond donors (Lipinski definition) is 0. The molecule has 0 aliphatic carbocycles. The summed E-state index contributed by atoms with van der Waals surface area (Å²) in [6.07, 6.45) is 0.719. The second-order valence-corrected chi connectivity index (χ2v) is 8.88. The van der Waals surface area contributed by atoms with E-state index in [0.29, 0.717) is 35.7 Å². The topological polar surface area (TPSA) is 88.1 Å². The molecule has 2 aromatic carbocycles. The number of benzene rings is 2. The first-order valence-electron chi connectivity index (χ1n) is 12.8. The monoisotopic (exact) mass is 562 g/mol. The van der Waals surface area contributed by atoms with Crippen LogP contribution >= 0.6 is 0 Å². The van der Waals surface area contributed by atoms with Gasteiger partial charge in [0.05, 0.1) is 25.4 Å². The van der Waals surface area contributed by atoms with Gasteiger partial charge in [-0.25, -0.2) is 14.4 Å². The maximum Gasteiger partial charge on any atom is 0.389 e. The molecule has 0 saturated carbocycles. The lowest BCUT2D eigenvalue weighted by molar-refractivity contribution is -0.139. The van der Waals surface area contributed by atoms with Gasteiger partial charge in [0.1, 0.15) is 11.5 Å². The van der Waals surface area contributed by atoms with Gasteiger partial charge in [-0.2, -0.15) is 13.2 Å². The number of rotatable bonds is 16. The molecule has 0 radical (unpaired) electrons. The first kappa shape index (κ1) is 32.1. The van der Waals surface area contributed by atoms with Crippen molar-refractivity contribution >= 4 is 24.0 Å². The van der Waals surface area contributed by atoms with E-state index in [4.69, 9.17) is 18.9 Å². The van der Waals surface area contributed by atoms with Crippen LogP contribution in [0.15, 0.2) is 66.8 Å². The van der Waals surface area contributed by atoms with Gasteiger partial charge in [-0.05, 0) is 87.1 Å². The third kappa shape index (κ3) is 13.6. The molecule has 0 spiro atoms. The largest absolute Gasteiger partial charge is 0.494 e. The van der Waals surface area contributed by atoms with Crippen molar-refractivity contribution in [1.82, 2.24) is 0 Å². The van der Waals surface area contributed by atoms with Gasteiger partial charge in [0, 0.05) is 18.1 Å². The summed E-state index contributed by atoms with van der Waals surface area (Å²) in [5.74, 6) is -0.823. The van der Waals surface area contributed by atoms with Crippen molar-refractivity contribution in [3.63, 3.8) is 0 Å². The highest BCUT2D eigenvalue weighted by atomic mass is 19.4. The van der Waals surface area contributed by atoms with E-state index in [1.54, 1.807) is 37.3 Å². The van der Waals surface area contributed by atoms with E-state index in [0.717, 1.165) is 19.3 Å². The van der Waals surface area contributed by atoms with Gasteiger partial charge < -0.3 is 18.9 Å². The summed E-state index contributed by atoms with van der Waals surface area (Å²) in [6, 6.07) is 12.4. The van der Waals surface area contributed by atoms with Crippen LogP contribution in [0.1, 0.15) is 61.4 Å². The van der Waals surface area contributed by atoms with Crippen LogP contribution < -0.4 is 9.47 Å². The molecule has 40 heavy (non-hydrogen) atoms. The van der Waals surface area contributed by atoms with Gasteiger partial charge in [0.2, 0.25) is 0 Å². The molecule has 0 aliphatic rings. The predicted octanol–water partition coefficient (Wildman–Crippen LogP) is 6.86. The normalized spacial score (nSPS) is 11.2. The fourth-order valence-corrected chi connectivity index (χ4v) is 3.19. The summed E-state index contributed by atoms with van der Waals surface area (Å²) in [7, 11) is 0. The number of carbonyl (C=O) groups is 3. The van der Waals surface area contributed by atoms with Gasteiger partial charge >= 0.3 is 24.1 Å². The molecule has 0 aromatic heterocycles. The predicted molar refractivity (Wildman–Crippen MR) is 143 cm³/mol. The molecule has 0 aliphatic heterocycles. The molecule has 216 valence electrons. The van der Waals surface area contributed by atoms with E-state index in [1.165, 1.54) is 30.3 Å². The molecule has 2 aromatic rings. The highest BCUT2D eigenvalue weighted by Gasteiger charge is 2.26. The Morgan fingerprint density at radius 2 is 1.40 bits per heavy atom. The minimum Gasteiger partial charge on any atom is -0.494 e. The molecule has 0 N–H and O–H groups in total. The number of halogens is 3. The van der Waals surface area contributed by atoms with E-state index in [9.17, 15) is 27.6 Å². The maximum absolute atomic E-state index is 12.4. The van der Waals surface area contributed by atoms with E-state index < -0.39 is 30.5 Å². The Morgan fingerprint density at radius 3 is 2.00 bits per heavy atom. The molecule has 0 atom stereocenters. The molecule has 0 amide bonds.